The smallest absolute Gasteiger partial charge is 0.271 e. The van der Waals surface area contributed by atoms with E-state index in [1.807, 2.05) is 0 Å². The first-order chi connectivity index (χ1) is 4.04. The van der Waals surface area contributed by atoms with E-state index in [1.54, 1.807) is 0 Å². The first-order valence-corrected chi connectivity index (χ1v) is 2.95. The molecule has 0 atom stereocenters. The Morgan fingerprint density at radius 3 is 2.11 bits per heavy atom. The molecule has 2 nitrogen and oxygen atoms in total. The van der Waals surface area contributed by atoms with Gasteiger partial charge in [-0.05, 0) is 22.9 Å². The first kappa shape index (κ1) is 8.49. The maximum absolute atomic E-state index is 11.6. The number of rotatable bonds is 1. The topological polar surface area (TPSA) is 40.5 Å². The molecule has 52 valence electrons. The minimum Gasteiger partial charge on any atom is -0.511 e. The summed E-state index contributed by atoms with van der Waals surface area (Å²) in [7, 11) is 0. The summed E-state index contributed by atoms with van der Waals surface area (Å²) in [6, 6.07) is -1.34. The number of aliphatic hydroxyl groups excluding tert-OH is 2. The van der Waals surface area contributed by atoms with Gasteiger partial charge in [-0.2, -0.15) is 4.39 Å². The van der Waals surface area contributed by atoms with Crippen LogP contribution in [0.15, 0.2) is 22.3 Å². The summed E-state index contributed by atoms with van der Waals surface area (Å²) in [5, 5.41) is 16.6. The zero-order valence-corrected chi connectivity index (χ0v) is 6.31. The maximum Gasteiger partial charge on any atom is 0.271 e. The fraction of sp³-hybridized carbons (Fsp3) is 0.200. The van der Waals surface area contributed by atoms with Crippen molar-refractivity contribution >= 4 is 15.9 Å². The Kier molecular flexibility index (Phi) is 3.30. The van der Waals surface area contributed by atoms with Crippen LogP contribution in [0, 0.1) is 0 Å². The molecule has 0 aromatic rings. The third-order valence-electron chi connectivity index (χ3n) is 0.591. The number of hydrogen-bond donors (Lipinski definition) is 2. The van der Waals surface area contributed by atoms with Crippen LogP contribution in [-0.2, 0) is 0 Å². The van der Waals surface area contributed by atoms with Gasteiger partial charge in [-0.15, -0.1) is 0 Å². The van der Waals surface area contributed by atoms with Crippen LogP contribution >= 0.6 is 15.9 Å². The van der Waals surface area contributed by atoms with Crippen molar-refractivity contribution in [1.29, 1.82) is 0 Å². The first-order valence-electron chi connectivity index (χ1n) is 2.15. The van der Waals surface area contributed by atoms with Gasteiger partial charge in [0.25, 0.3) is 6.01 Å². The predicted molar refractivity (Wildman–Crippen MR) is 36.1 cm³/mol. The second kappa shape index (κ2) is 3.50. The van der Waals surface area contributed by atoms with E-state index in [2.05, 4.69) is 15.9 Å². The summed E-state index contributed by atoms with van der Waals surface area (Å²) in [4.78, 5) is 0. The molecule has 0 aromatic heterocycles. The van der Waals surface area contributed by atoms with Crippen molar-refractivity contribution in [2.75, 3.05) is 0 Å². The molecule has 0 amide bonds. The van der Waals surface area contributed by atoms with Crippen LogP contribution in [0.5, 0.6) is 0 Å². The highest BCUT2D eigenvalue weighted by molar-refractivity contribution is 9.11. The van der Waals surface area contributed by atoms with Gasteiger partial charge in [-0.25, -0.2) is 0 Å². The Morgan fingerprint density at radius 2 is 2.00 bits per heavy atom. The van der Waals surface area contributed by atoms with E-state index in [0.29, 0.717) is 0 Å². The molecule has 9 heavy (non-hydrogen) atoms. The summed E-state index contributed by atoms with van der Waals surface area (Å²) in [5.74, 6) is -0.0841. The van der Waals surface area contributed by atoms with Gasteiger partial charge in [0, 0.05) is 6.08 Å². The van der Waals surface area contributed by atoms with Crippen molar-refractivity contribution < 1.29 is 14.6 Å². The zero-order chi connectivity index (χ0) is 7.44. The summed E-state index contributed by atoms with van der Waals surface area (Å²) < 4.78 is 11.7. The van der Waals surface area contributed by atoms with Crippen molar-refractivity contribution in [3.63, 3.8) is 0 Å². The molecular weight excluding hydrogens is 191 g/mol. The van der Waals surface area contributed by atoms with E-state index in [9.17, 15) is 4.39 Å². The van der Waals surface area contributed by atoms with Crippen LogP contribution in [-0.4, -0.2) is 10.2 Å². The summed E-state index contributed by atoms with van der Waals surface area (Å²) in [5.41, 5.74) is 0. The summed E-state index contributed by atoms with van der Waals surface area (Å²) in [6.45, 7) is 1.36. The van der Waals surface area contributed by atoms with Crippen LogP contribution in [0.2, 0.25) is 0 Å². The quantitative estimate of drug-likeness (QED) is 0.500. The lowest BCUT2D eigenvalue weighted by atomic mass is 10.5. The average molecular weight is 197 g/mol. The molecule has 0 aliphatic heterocycles. The van der Waals surface area contributed by atoms with Gasteiger partial charge in [0.2, 0.25) is 0 Å². The van der Waals surface area contributed by atoms with E-state index in [0.717, 1.165) is 6.08 Å². The van der Waals surface area contributed by atoms with Gasteiger partial charge >= 0.3 is 0 Å². The molecule has 0 saturated heterocycles. The van der Waals surface area contributed by atoms with Gasteiger partial charge < -0.3 is 10.2 Å². The Hall–Kier alpha value is -0.510. The molecule has 0 radical (unpaired) electrons. The van der Waals surface area contributed by atoms with E-state index in [4.69, 9.17) is 10.2 Å². The molecule has 0 fully saturated rings. The Balaban J connectivity index is 4.25. The normalized spacial score (nSPS) is 15.2. The highest BCUT2D eigenvalue weighted by Crippen LogP contribution is 2.12. The molecule has 0 spiro atoms. The number of aliphatic hydroxyl groups is 2. The molecule has 0 aromatic carbocycles. The Labute approximate surface area is 60.4 Å². The SMILES string of the molecule is C/C(O)=C(/Br)C=C(O)F. The van der Waals surface area contributed by atoms with Crippen molar-refractivity contribution in [2.45, 2.75) is 6.92 Å². The minimum absolute atomic E-state index is 0.0841. The second-order valence-electron chi connectivity index (χ2n) is 1.40. The number of allylic oxidation sites excluding steroid dienone is 3. The second-order valence-corrected chi connectivity index (χ2v) is 2.25. The predicted octanol–water partition coefficient (Wildman–Crippen LogP) is 2.54. The van der Waals surface area contributed by atoms with Gasteiger partial charge in [0.1, 0.15) is 5.76 Å². The highest BCUT2D eigenvalue weighted by atomic mass is 79.9. The molecular formula is C5H6BrFO2. The molecule has 0 saturated carbocycles. The third kappa shape index (κ3) is 4.02. The Bertz CT molecular complexity index is 154. The fourth-order valence-corrected chi connectivity index (χ4v) is 0.398. The lowest BCUT2D eigenvalue weighted by Crippen LogP contribution is -1.75. The summed E-state index contributed by atoms with van der Waals surface area (Å²) >= 11 is 2.80. The standard InChI is InChI=1S/C5H6BrFO2/c1-3(8)4(6)2-5(7)9/h2,8-9H,1H3/b4-3-,5-2?. The van der Waals surface area contributed by atoms with Crippen LogP contribution < -0.4 is 0 Å². The molecule has 0 aliphatic carbocycles. The van der Waals surface area contributed by atoms with Gasteiger partial charge in [0.05, 0.1) is 4.48 Å². The zero-order valence-electron chi connectivity index (χ0n) is 4.73. The van der Waals surface area contributed by atoms with Crippen molar-refractivity contribution in [3.8, 4) is 0 Å². The van der Waals surface area contributed by atoms with Crippen LogP contribution in [0.1, 0.15) is 6.92 Å². The molecule has 0 bridgehead atoms. The molecule has 4 heteroatoms. The van der Waals surface area contributed by atoms with E-state index >= 15 is 0 Å². The van der Waals surface area contributed by atoms with Gasteiger partial charge in [-0.1, -0.05) is 0 Å². The minimum atomic E-state index is -1.34. The fourth-order valence-electron chi connectivity index (χ4n) is 0.209. The van der Waals surface area contributed by atoms with E-state index in [1.165, 1.54) is 6.92 Å². The number of halogens is 2. The average Bonchev–Trinajstić information content (AvgIpc) is 1.63. The van der Waals surface area contributed by atoms with Gasteiger partial charge in [-0.3, -0.25) is 0 Å². The molecule has 0 aliphatic rings. The molecule has 0 unspecified atom stereocenters. The van der Waals surface area contributed by atoms with Crippen LogP contribution in [0.25, 0.3) is 0 Å². The van der Waals surface area contributed by atoms with Crippen molar-refractivity contribution in [1.82, 2.24) is 0 Å². The van der Waals surface area contributed by atoms with Crippen molar-refractivity contribution in [3.05, 3.63) is 22.3 Å². The van der Waals surface area contributed by atoms with E-state index in [-0.39, 0.29) is 10.2 Å². The number of hydrogen-bond acceptors (Lipinski definition) is 2. The monoisotopic (exact) mass is 196 g/mol. The molecule has 0 heterocycles. The summed E-state index contributed by atoms with van der Waals surface area (Å²) in [6.07, 6.45) is 0.759. The Morgan fingerprint density at radius 1 is 1.56 bits per heavy atom. The third-order valence-corrected chi connectivity index (χ3v) is 1.39. The van der Waals surface area contributed by atoms with Gasteiger partial charge in [0.15, 0.2) is 0 Å². The lowest BCUT2D eigenvalue weighted by Gasteiger charge is -1.89. The molecule has 0 rings (SSSR count). The lowest BCUT2D eigenvalue weighted by molar-refractivity contribution is 0.283. The maximum atomic E-state index is 11.6. The van der Waals surface area contributed by atoms with Crippen molar-refractivity contribution in [2.24, 2.45) is 0 Å². The largest absolute Gasteiger partial charge is 0.511 e. The highest BCUT2D eigenvalue weighted by Gasteiger charge is 1.93. The molecule has 2 N–H and O–H groups in total. The van der Waals surface area contributed by atoms with E-state index < -0.39 is 6.01 Å². The van der Waals surface area contributed by atoms with Crippen LogP contribution in [0.4, 0.5) is 4.39 Å². The van der Waals surface area contributed by atoms with Crippen LogP contribution in [0.3, 0.4) is 0 Å².